The van der Waals surface area contributed by atoms with E-state index in [0.717, 1.165) is 15.6 Å². The number of hydrogen-bond donors (Lipinski definition) is 0. The van der Waals surface area contributed by atoms with Crippen LogP contribution in [0.4, 0.5) is 0 Å². The van der Waals surface area contributed by atoms with E-state index in [2.05, 4.69) is 0 Å². The quantitative estimate of drug-likeness (QED) is 0.479. The van der Waals surface area contributed by atoms with E-state index in [4.69, 9.17) is 34.8 Å². The number of halogens is 3. The van der Waals surface area contributed by atoms with Gasteiger partial charge in [-0.2, -0.15) is 0 Å². The number of rotatable bonds is 1. The highest BCUT2D eigenvalue weighted by molar-refractivity contribution is 7.17. The van der Waals surface area contributed by atoms with Gasteiger partial charge < -0.3 is 0 Å². The Morgan fingerprint density at radius 2 is 1.83 bits per heavy atom. The number of benzene rings is 1. The monoisotopic (exact) mass is 322 g/mol. The van der Waals surface area contributed by atoms with E-state index in [9.17, 15) is 4.79 Å². The van der Waals surface area contributed by atoms with Crippen LogP contribution in [0.5, 0.6) is 0 Å². The number of Topliss-reactive ketones (excluding diaryl/α,β-unsaturated/α-hetero) is 1. The van der Waals surface area contributed by atoms with E-state index in [1.807, 2.05) is 39.0 Å². The summed E-state index contributed by atoms with van der Waals surface area (Å²) in [6, 6.07) is 5.88. The summed E-state index contributed by atoms with van der Waals surface area (Å²) < 4.78 is -0.874. The summed E-state index contributed by atoms with van der Waals surface area (Å²) in [5, 5.41) is 2.58. The van der Waals surface area contributed by atoms with Gasteiger partial charge in [-0.15, -0.1) is 11.3 Å². The van der Waals surface area contributed by atoms with E-state index in [1.54, 1.807) is 5.38 Å². The fourth-order valence-corrected chi connectivity index (χ4v) is 2.70. The highest BCUT2D eigenvalue weighted by Gasteiger charge is 2.33. The highest BCUT2D eigenvalue weighted by atomic mass is 35.6. The minimum atomic E-state index is -1.89. The third-order valence-corrected chi connectivity index (χ3v) is 3.71. The lowest BCUT2D eigenvalue weighted by Crippen LogP contribution is -2.18. The van der Waals surface area contributed by atoms with Crippen molar-refractivity contribution in [1.29, 1.82) is 0 Å². The van der Waals surface area contributed by atoms with Gasteiger partial charge in [0.05, 0.1) is 0 Å². The van der Waals surface area contributed by atoms with Gasteiger partial charge in [-0.25, -0.2) is 0 Å². The van der Waals surface area contributed by atoms with Crippen LogP contribution < -0.4 is 0 Å². The molecule has 2 aromatic rings. The molecule has 1 aromatic heterocycles. The largest absolute Gasteiger partial charge is 0.289 e. The van der Waals surface area contributed by atoms with Crippen molar-refractivity contribution in [1.82, 2.24) is 0 Å². The zero-order valence-electron chi connectivity index (χ0n) is 10.3. The molecule has 0 amide bonds. The topological polar surface area (TPSA) is 17.1 Å². The van der Waals surface area contributed by atoms with Gasteiger partial charge in [0.25, 0.3) is 3.79 Å². The van der Waals surface area contributed by atoms with E-state index >= 15 is 0 Å². The van der Waals surface area contributed by atoms with E-state index in [-0.39, 0.29) is 0 Å². The van der Waals surface area contributed by atoms with Crippen molar-refractivity contribution in [2.24, 2.45) is 0 Å². The highest BCUT2D eigenvalue weighted by Crippen LogP contribution is 2.35. The molecule has 98 valence electrons. The maximum Gasteiger partial charge on any atom is 0.253 e. The van der Waals surface area contributed by atoms with Crippen molar-refractivity contribution in [2.75, 3.05) is 0 Å². The number of carbonyl (C=O) groups is 1. The Morgan fingerprint density at radius 1 is 1.22 bits per heavy atom. The summed E-state index contributed by atoms with van der Waals surface area (Å²) >= 11 is 18.3. The molecule has 1 nitrogen and oxygen atoms in total. The van der Waals surface area contributed by atoms with Crippen molar-refractivity contribution in [3.63, 3.8) is 0 Å². The molecular weight excluding hydrogens is 311 g/mol. The van der Waals surface area contributed by atoms with Crippen molar-refractivity contribution < 1.29 is 4.79 Å². The normalized spacial score (nSPS) is 11.0. The first-order chi connectivity index (χ1) is 8.39. The Labute approximate surface area is 126 Å². The number of aryl methyl sites for hydroxylation is 1. The minimum absolute atomic E-state index is 0.476. The summed E-state index contributed by atoms with van der Waals surface area (Å²) in [6.45, 7) is 5.96. The first-order valence-electron chi connectivity index (χ1n) is 5.49. The third-order valence-electron chi connectivity index (χ3n) is 2.23. The lowest BCUT2D eigenvalue weighted by Gasteiger charge is -2.08. The molecule has 0 radical (unpaired) electrons. The molecule has 0 aliphatic rings. The smallest absolute Gasteiger partial charge is 0.253 e. The minimum Gasteiger partial charge on any atom is -0.289 e. The number of carbonyl (C=O) groups excluding carboxylic acids is 1. The lowest BCUT2D eigenvalue weighted by atomic mass is 10.1. The van der Waals surface area contributed by atoms with Crippen LogP contribution in [0.25, 0.3) is 10.1 Å². The van der Waals surface area contributed by atoms with E-state index in [0.29, 0.717) is 5.56 Å². The maximum absolute atomic E-state index is 11.9. The molecule has 0 aliphatic heterocycles. The van der Waals surface area contributed by atoms with Gasteiger partial charge >= 0.3 is 0 Å². The molecule has 0 spiro atoms. The zero-order chi connectivity index (χ0) is 13.9. The predicted molar refractivity (Wildman–Crippen MR) is 82.5 cm³/mol. The second kappa shape index (κ2) is 6.25. The standard InChI is InChI=1S/C11H7Cl3OS.C2H6/c1-6-2-3-9-7(4-6)8(5-16-9)10(15)11(12,13)14;1-2/h2-5H,1H3;1-2H3. The number of hydrogen-bond acceptors (Lipinski definition) is 2. The number of thiophene rings is 1. The van der Waals surface area contributed by atoms with Crippen LogP contribution in [0.3, 0.4) is 0 Å². The van der Waals surface area contributed by atoms with Crippen LogP contribution in [0.2, 0.25) is 0 Å². The molecule has 0 aliphatic carbocycles. The summed E-state index contributed by atoms with van der Waals surface area (Å²) in [6.07, 6.45) is 0. The number of fused-ring (bicyclic) bond motifs is 1. The maximum atomic E-state index is 11.9. The second-order valence-electron chi connectivity index (χ2n) is 3.48. The Morgan fingerprint density at radius 3 is 2.39 bits per heavy atom. The number of alkyl halides is 3. The molecular formula is C13H13Cl3OS. The van der Waals surface area contributed by atoms with Crippen LogP contribution in [0, 0.1) is 6.92 Å². The molecule has 0 saturated carbocycles. The van der Waals surface area contributed by atoms with Gasteiger partial charge in [0.1, 0.15) is 0 Å². The van der Waals surface area contributed by atoms with E-state index in [1.165, 1.54) is 11.3 Å². The van der Waals surface area contributed by atoms with Crippen molar-refractivity contribution in [2.45, 2.75) is 24.6 Å². The molecule has 0 unspecified atom stereocenters. The van der Waals surface area contributed by atoms with Crippen LogP contribution in [0.1, 0.15) is 29.8 Å². The predicted octanol–water partition coefficient (Wildman–Crippen LogP) is 5.79. The molecule has 1 aromatic carbocycles. The SMILES string of the molecule is CC.Cc1ccc2scc(C(=O)C(Cl)(Cl)Cl)c2c1. The molecule has 0 atom stereocenters. The Bertz CT molecular complexity index is 555. The molecule has 5 heteroatoms. The average Bonchev–Trinajstić information content (AvgIpc) is 2.72. The van der Waals surface area contributed by atoms with Crippen LogP contribution in [-0.4, -0.2) is 9.58 Å². The second-order valence-corrected chi connectivity index (χ2v) is 6.67. The fourth-order valence-electron chi connectivity index (χ4n) is 1.47. The first kappa shape index (κ1) is 15.8. The molecule has 18 heavy (non-hydrogen) atoms. The Kier molecular flexibility index (Phi) is 5.47. The fraction of sp³-hybridized carbons (Fsp3) is 0.308. The Balaban J connectivity index is 0.000000771. The molecule has 0 saturated heterocycles. The van der Waals surface area contributed by atoms with Crippen LogP contribution in [-0.2, 0) is 0 Å². The molecule has 1 heterocycles. The molecule has 0 N–H and O–H groups in total. The summed E-state index contributed by atoms with van der Waals surface area (Å²) in [7, 11) is 0. The van der Waals surface area contributed by atoms with Gasteiger partial charge in [-0.3, -0.25) is 4.79 Å². The van der Waals surface area contributed by atoms with Gasteiger partial charge in [0.2, 0.25) is 5.78 Å². The summed E-state index contributed by atoms with van der Waals surface area (Å²) in [5.74, 6) is -0.477. The van der Waals surface area contributed by atoms with Gasteiger partial charge in [0.15, 0.2) is 0 Å². The van der Waals surface area contributed by atoms with Crippen molar-refractivity contribution in [3.8, 4) is 0 Å². The van der Waals surface area contributed by atoms with Gasteiger partial charge in [-0.05, 0) is 19.1 Å². The van der Waals surface area contributed by atoms with Gasteiger partial charge in [0, 0.05) is 21.0 Å². The summed E-state index contributed by atoms with van der Waals surface area (Å²) in [5.41, 5.74) is 1.55. The number of ketones is 1. The molecule has 0 fully saturated rings. The summed E-state index contributed by atoms with van der Waals surface area (Å²) in [4.78, 5) is 11.9. The zero-order valence-corrected chi connectivity index (χ0v) is 13.3. The average molecular weight is 324 g/mol. The third kappa shape index (κ3) is 3.39. The van der Waals surface area contributed by atoms with Gasteiger partial charge in [-0.1, -0.05) is 60.3 Å². The van der Waals surface area contributed by atoms with Crippen molar-refractivity contribution in [3.05, 3.63) is 34.7 Å². The van der Waals surface area contributed by atoms with Crippen LogP contribution >= 0.6 is 46.1 Å². The van der Waals surface area contributed by atoms with Crippen molar-refractivity contribution >= 4 is 62.0 Å². The Hall–Kier alpha value is -0.280. The molecule has 0 bridgehead atoms. The first-order valence-corrected chi connectivity index (χ1v) is 7.50. The molecule has 2 rings (SSSR count). The van der Waals surface area contributed by atoms with E-state index < -0.39 is 9.58 Å². The lowest BCUT2D eigenvalue weighted by molar-refractivity contribution is 0.0998. The van der Waals surface area contributed by atoms with Crippen LogP contribution in [0.15, 0.2) is 23.6 Å².